The molecular weight excluding hydrogens is 382 g/mol. The summed E-state index contributed by atoms with van der Waals surface area (Å²) in [5, 5.41) is 10.5. The number of aromatic amines is 1. The van der Waals surface area contributed by atoms with Gasteiger partial charge in [0.2, 0.25) is 0 Å². The van der Waals surface area contributed by atoms with E-state index in [1.54, 1.807) is 13.1 Å². The summed E-state index contributed by atoms with van der Waals surface area (Å²) in [6, 6.07) is 9.87. The SMILES string of the molecule is Cc1n[nH]nc1C(=O)N1C[C@H]2CN(C(=O)c3cnccn3)[C@@H](c3ccccc3)[C@H]2C1. The quantitative estimate of drug-likeness (QED) is 0.710. The van der Waals surface area contributed by atoms with Gasteiger partial charge >= 0.3 is 0 Å². The Balaban J connectivity index is 1.44. The lowest BCUT2D eigenvalue weighted by atomic mass is 9.89. The molecule has 2 fully saturated rings. The van der Waals surface area contributed by atoms with Gasteiger partial charge in [-0.05, 0) is 12.5 Å². The van der Waals surface area contributed by atoms with E-state index in [1.165, 1.54) is 12.4 Å². The third kappa shape index (κ3) is 3.02. The second-order valence-corrected chi connectivity index (χ2v) is 7.80. The van der Waals surface area contributed by atoms with E-state index >= 15 is 0 Å². The number of likely N-dealkylation sites (tertiary alicyclic amines) is 2. The topological polar surface area (TPSA) is 108 Å². The molecule has 3 atom stereocenters. The molecule has 30 heavy (non-hydrogen) atoms. The zero-order valence-electron chi connectivity index (χ0n) is 16.5. The molecule has 0 saturated carbocycles. The van der Waals surface area contributed by atoms with Crippen LogP contribution >= 0.6 is 0 Å². The summed E-state index contributed by atoms with van der Waals surface area (Å²) in [7, 11) is 0. The fourth-order valence-corrected chi connectivity index (χ4v) is 4.69. The van der Waals surface area contributed by atoms with E-state index in [-0.39, 0.29) is 29.7 Å². The van der Waals surface area contributed by atoms with Crippen molar-refractivity contribution >= 4 is 11.8 Å². The van der Waals surface area contributed by atoms with Gasteiger partial charge in [-0.2, -0.15) is 15.4 Å². The van der Waals surface area contributed by atoms with Gasteiger partial charge in [-0.1, -0.05) is 30.3 Å². The number of nitrogens with one attached hydrogen (secondary N) is 1. The Bertz CT molecular complexity index is 1070. The maximum absolute atomic E-state index is 13.2. The van der Waals surface area contributed by atoms with Crippen LogP contribution in [0.25, 0.3) is 0 Å². The first kappa shape index (κ1) is 18.4. The smallest absolute Gasteiger partial charge is 0.276 e. The molecule has 2 aliphatic rings. The zero-order chi connectivity index (χ0) is 20.7. The van der Waals surface area contributed by atoms with Crippen molar-refractivity contribution in [3.63, 3.8) is 0 Å². The van der Waals surface area contributed by atoms with Crippen molar-refractivity contribution in [3.05, 3.63) is 71.6 Å². The standard InChI is InChI=1S/C21H21N7O2/c1-13-18(25-26-24-13)21(30)27-10-15-11-28(20(29)17-9-22-7-8-23-17)19(16(15)12-27)14-5-3-2-4-6-14/h2-9,15-16,19H,10-12H2,1H3,(H,24,25,26)/t15-,16-,19-/m0/s1. The monoisotopic (exact) mass is 403 g/mol. The van der Waals surface area contributed by atoms with E-state index < -0.39 is 0 Å². The van der Waals surface area contributed by atoms with Gasteiger partial charge in [-0.25, -0.2) is 4.98 Å². The zero-order valence-corrected chi connectivity index (χ0v) is 16.5. The molecule has 0 radical (unpaired) electrons. The molecule has 1 aromatic carbocycles. The van der Waals surface area contributed by atoms with E-state index in [9.17, 15) is 9.59 Å². The number of carbonyl (C=O) groups is 2. The van der Waals surface area contributed by atoms with E-state index in [4.69, 9.17) is 0 Å². The maximum atomic E-state index is 13.2. The maximum Gasteiger partial charge on any atom is 0.276 e. The van der Waals surface area contributed by atoms with Gasteiger partial charge in [0.25, 0.3) is 11.8 Å². The molecule has 2 saturated heterocycles. The fraction of sp³-hybridized carbons (Fsp3) is 0.333. The molecule has 2 aromatic heterocycles. The number of hydrogen-bond acceptors (Lipinski definition) is 6. The highest BCUT2D eigenvalue weighted by Gasteiger charge is 2.50. The first-order chi connectivity index (χ1) is 14.6. The van der Waals surface area contributed by atoms with Crippen LogP contribution in [0.3, 0.4) is 0 Å². The number of aromatic nitrogens is 5. The molecule has 2 amide bonds. The van der Waals surface area contributed by atoms with E-state index in [0.717, 1.165) is 5.56 Å². The van der Waals surface area contributed by atoms with Gasteiger partial charge in [0.1, 0.15) is 5.69 Å². The number of carbonyl (C=O) groups excluding carboxylic acids is 2. The van der Waals surface area contributed by atoms with Crippen LogP contribution in [0, 0.1) is 18.8 Å². The second-order valence-electron chi connectivity index (χ2n) is 7.80. The Labute approximate surface area is 173 Å². The normalized spacial score (nSPS) is 22.9. The minimum absolute atomic E-state index is 0.116. The van der Waals surface area contributed by atoms with E-state index in [2.05, 4.69) is 25.4 Å². The van der Waals surface area contributed by atoms with Crippen LogP contribution in [0.15, 0.2) is 48.9 Å². The Hall–Kier alpha value is -3.62. The summed E-state index contributed by atoms with van der Waals surface area (Å²) in [5.74, 6) is 0.0852. The summed E-state index contributed by atoms with van der Waals surface area (Å²) in [4.78, 5) is 38.1. The van der Waals surface area contributed by atoms with Gasteiger partial charge in [0.05, 0.1) is 17.9 Å². The average molecular weight is 403 g/mol. The molecule has 9 nitrogen and oxygen atoms in total. The summed E-state index contributed by atoms with van der Waals surface area (Å²) < 4.78 is 0. The first-order valence-electron chi connectivity index (χ1n) is 9.92. The van der Waals surface area contributed by atoms with Crippen molar-refractivity contribution in [3.8, 4) is 0 Å². The van der Waals surface area contributed by atoms with Gasteiger partial charge in [0, 0.05) is 43.9 Å². The van der Waals surface area contributed by atoms with E-state index in [0.29, 0.717) is 36.7 Å². The fourth-order valence-electron chi connectivity index (χ4n) is 4.69. The second kappa shape index (κ2) is 7.33. The predicted octanol–water partition coefficient (Wildman–Crippen LogP) is 1.49. The Morgan fingerprint density at radius 2 is 1.87 bits per heavy atom. The summed E-state index contributed by atoms with van der Waals surface area (Å²) in [5.41, 5.74) is 2.36. The summed E-state index contributed by atoms with van der Waals surface area (Å²) >= 11 is 0. The lowest BCUT2D eigenvalue weighted by Crippen LogP contribution is -2.38. The van der Waals surface area contributed by atoms with Crippen molar-refractivity contribution in [1.29, 1.82) is 0 Å². The lowest BCUT2D eigenvalue weighted by Gasteiger charge is -2.29. The number of rotatable bonds is 3. The minimum atomic E-state index is -0.128. The molecule has 3 aromatic rings. The van der Waals surface area contributed by atoms with Crippen LogP contribution in [-0.2, 0) is 0 Å². The van der Waals surface area contributed by atoms with Crippen LogP contribution in [0.2, 0.25) is 0 Å². The van der Waals surface area contributed by atoms with Gasteiger partial charge in [-0.15, -0.1) is 0 Å². The van der Waals surface area contributed by atoms with E-state index in [1.807, 2.05) is 40.1 Å². The Morgan fingerprint density at radius 3 is 2.57 bits per heavy atom. The van der Waals surface area contributed by atoms with Crippen molar-refractivity contribution < 1.29 is 9.59 Å². The summed E-state index contributed by atoms with van der Waals surface area (Å²) in [6.07, 6.45) is 4.59. The molecule has 1 N–H and O–H groups in total. The third-order valence-electron chi connectivity index (χ3n) is 6.06. The summed E-state index contributed by atoms with van der Waals surface area (Å²) in [6.45, 7) is 3.49. The van der Waals surface area contributed by atoms with Crippen LogP contribution in [0.5, 0.6) is 0 Å². The highest BCUT2D eigenvalue weighted by atomic mass is 16.2. The number of aryl methyl sites for hydroxylation is 1. The number of nitrogens with zero attached hydrogens (tertiary/aromatic N) is 6. The molecule has 9 heteroatoms. The molecule has 5 rings (SSSR count). The lowest BCUT2D eigenvalue weighted by molar-refractivity contribution is 0.0670. The van der Waals surface area contributed by atoms with Crippen molar-refractivity contribution in [1.82, 2.24) is 35.2 Å². The highest BCUT2D eigenvalue weighted by Crippen LogP contribution is 2.45. The number of amides is 2. The molecule has 2 aliphatic heterocycles. The first-order valence-corrected chi connectivity index (χ1v) is 9.92. The van der Waals surface area contributed by atoms with Gasteiger partial charge in [0.15, 0.2) is 5.69 Å². The van der Waals surface area contributed by atoms with Crippen LogP contribution in [0.4, 0.5) is 0 Å². The molecular formula is C21H21N7O2. The third-order valence-corrected chi connectivity index (χ3v) is 6.06. The van der Waals surface area contributed by atoms with Crippen LogP contribution in [-0.4, -0.2) is 66.6 Å². The highest BCUT2D eigenvalue weighted by molar-refractivity contribution is 5.94. The molecule has 0 aliphatic carbocycles. The minimum Gasteiger partial charge on any atom is -0.336 e. The molecule has 0 bridgehead atoms. The Kier molecular flexibility index (Phi) is 4.50. The van der Waals surface area contributed by atoms with Crippen molar-refractivity contribution in [2.45, 2.75) is 13.0 Å². The van der Waals surface area contributed by atoms with Crippen LogP contribution < -0.4 is 0 Å². The van der Waals surface area contributed by atoms with Crippen molar-refractivity contribution in [2.75, 3.05) is 19.6 Å². The Morgan fingerprint density at radius 1 is 1.03 bits per heavy atom. The molecule has 0 spiro atoms. The number of hydrogen-bond donors (Lipinski definition) is 1. The van der Waals surface area contributed by atoms with Gasteiger partial charge in [-0.3, -0.25) is 14.6 Å². The van der Waals surface area contributed by atoms with Crippen molar-refractivity contribution in [2.24, 2.45) is 11.8 Å². The van der Waals surface area contributed by atoms with Gasteiger partial charge < -0.3 is 9.80 Å². The number of H-pyrrole nitrogens is 1. The predicted molar refractivity (Wildman–Crippen MR) is 106 cm³/mol. The largest absolute Gasteiger partial charge is 0.336 e. The molecule has 0 unspecified atom stereocenters. The molecule has 152 valence electrons. The number of fused-ring (bicyclic) bond motifs is 1. The van der Waals surface area contributed by atoms with Crippen LogP contribution in [0.1, 0.15) is 38.3 Å². The molecule has 4 heterocycles. The average Bonchev–Trinajstić information content (AvgIpc) is 3.48. The number of benzene rings is 1.